The van der Waals surface area contributed by atoms with Crippen molar-refractivity contribution in [2.45, 2.75) is 13.0 Å². The van der Waals surface area contributed by atoms with E-state index < -0.39 is 0 Å². The second-order valence-corrected chi connectivity index (χ2v) is 6.06. The molecule has 0 spiro atoms. The molecule has 1 unspecified atom stereocenters. The minimum Gasteiger partial charge on any atom is -0.356 e. The Morgan fingerprint density at radius 2 is 1.67 bits per heavy atom. The summed E-state index contributed by atoms with van der Waals surface area (Å²) in [4.78, 5) is 13.4. The number of carbonyl (C=O) groups is 1. The van der Waals surface area contributed by atoms with Crippen LogP contribution in [0.25, 0.3) is 0 Å². The zero-order valence-corrected chi connectivity index (χ0v) is 14.7. The van der Waals surface area contributed by atoms with Crippen LogP contribution in [-0.2, 0) is 0 Å². The molecule has 1 amide bonds. The van der Waals surface area contributed by atoms with Gasteiger partial charge < -0.3 is 15.5 Å². The van der Waals surface area contributed by atoms with E-state index in [1.165, 1.54) is 17.0 Å². The lowest BCUT2D eigenvalue weighted by Gasteiger charge is -2.17. The monoisotopic (exact) mass is 345 g/mol. The first-order chi connectivity index (χ1) is 11.4. The predicted molar refractivity (Wildman–Crippen MR) is 98.6 cm³/mol. The fourth-order valence-electron chi connectivity index (χ4n) is 2.15. The highest BCUT2D eigenvalue weighted by Gasteiger charge is 2.09. The van der Waals surface area contributed by atoms with Crippen molar-refractivity contribution in [3.05, 3.63) is 65.5 Å². The Balaban J connectivity index is 1.94. The minimum absolute atomic E-state index is 0.0489. The summed E-state index contributed by atoms with van der Waals surface area (Å²) in [6.07, 6.45) is 0. The first kappa shape index (κ1) is 17.9. The maximum absolute atomic E-state index is 13.0. The highest BCUT2D eigenvalue weighted by Crippen LogP contribution is 2.14. The molecule has 126 valence electrons. The summed E-state index contributed by atoms with van der Waals surface area (Å²) in [5.41, 5.74) is 2.34. The minimum atomic E-state index is -0.265. The van der Waals surface area contributed by atoms with Gasteiger partial charge in [-0.1, -0.05) is 12.1 Å². The summed E-state index contributed by atoms with van der Waals surface area (Å²) in [5.74, 6) is -0.314. The van der Waals surface area contributed by atoms with Crippen LogP contribution in [0.15, 0.2) is 48.5 Å². The molecule has 0 bridgehead atoms. The third kappa shape index (κ3) is 4.76. The van der Waals surface area contributed by atoms with Gasteiger partial charge in [-0.3, -0.25) is 4.79 Å². The topological polar surface area (TPSA) is 44.4 Å². The quantitative estimate of drug-likeness (QED) is 0.832. The molecule has 1 atom stereocenters. The fraction of sp³-hybridized carbons (Fsp3) is 0.222. The van der Waals surface area contributed by atoms with Crippen LogP contribution in [0.3, 0.4) is 0 Å². The number of rotatable bonds is 4. The van der Waals surface area contributed by atoms with Crippen LogP contribution in [0.4, 0.5) is 10.1 Å². The third-order valence-corrected chi connectivity index (χ3v) is 3.73. The van der Waals surface area contributed by atoms with Crippen LogP contribution in [0.5, 0.6) is 0 Å². The number of amides is 1. The van der Waals surface area contributed by atoms with Gasteiger partial charge in [0.05, 0.1) is 6.04 Å². The van der Waals surface area contributed by atoms with Gasteiger partial charge in [0.1, 0.15) is 5.82 Å². The van der Waals surface area contributed by atoms with E-state index in [-0.39, 0.29) is 17.8 Å². The van der Waals surface area contributed by atoms with Gasteiger partial charge in [0.15, 0.2) is 5.11 Å². The van der Waals surface area contributed by atoms with E-state index in [0.717, 1.165) is 11.3 Å². The molecule has 2 N–H and O–H groups in total. The Hall–Kier alpha value is -2.47. The number of benzene rings is 2. The Morgan fingerprint density at radius 3 is 2.21 bits per heavy atom. The van der Waals surface area contributed by atoms with Crippen molar-refractivity contribution in [1.82, 2.24) is 10.2 Å². The van der Waals surface area contributed by atoms with Gasteiger partial charge in [0, 0.05) is 25.3 Å². The summed E-state index contributed by atoms with van der Waals surface area (Å²) in [6.45, 7) is 1.94. The standard InChI is InChI=1S/C18H20FN3OS/c1-12(13-4-8-15(19)9-5-13)20-18(24)21-16-10-6-14(7-11-16)17(23)22(2)3/h4-12H,1-3H3,(H2,20,21,24). The first-order valence-corrected chi connectivity index (χ1v) is 7.92. The van der Waals surface area contributed by atoms with Crippen LogP contribution in [-0.4, -0.2) is 30.0 Å². The van der Waals surface area contributed by atoms with E-state index in [4.69, 9.17) is 12.2 Å². The van der Waals surface area contributed by atoms with E-state index in [1.807, 2.05) is 6.92 Å². The van der Waals surface area contributed by atoms with Crippen molar-refractivity contribution in [1.29, 1.82) is 0 Å². The van der Waals surface area contributed by atoms with E-state index in [9.17, 15) is 9.18 Å². The summed E-state index contributed by atoms with van der Waals surface area (Å²) in [6, 6.07) is 13.3. The lowest BCUT2D eigenvalue weighted by Crippen LogP contribution is -2.30. The van der Waals surface area contributed by atoms with Gasteiger partial charge >= 0.3 is 0 Å². The number of halogens is 1. The van der Waals surface area contributed by atoms with Gasteiger partial charge in [0.2, 0.25) is 0 Å². The summed E-state index contributed by atoms with van der Waals surface area (Å²) in [5, 5.41) is 6.67. The second kappa shape index (κ2) is 7.88. The second-order valence-electron chi connectivity index (χ2n) is 5.65. The first-order valence-electron chi connectivity index (χ1n) is 7.51. The van der Waals surface area contributed by atoms with E-state index in [2.05, 4.69) is 10.6 Å². The van der Waals surface area contributed by atoms with Crippen LogP contribution >= 0.6 is 12.2 Å². The fourth-order valence-corrected chi connectivity index (χ4v) is 2.45. The normalized spacial score (nSPS) is 11.5. The Labute approximate surface area is 146 Å². The molecule has 2 aromatic carbocycles. The maximum Gasteiger partial charge on any atom is 0.253 e. The summed E-state index contributed by atoms with van der Waals surface area (Å²) < 4.78 is 13.0. The maximum atomic E-state index is 13.0. The SMILES string of the molecule is CC(NC(=S)Nc1ccc(C(=O)N(C)C)cc1)c1ccc(F)cc1. The molecule has 0 aliphatic heterocycles. The number of hydrogen-bond donors (Lipinski definition) is 2. The van der Waals surface area contributed by atoms with Gasteiger partial charge in [-0.25, -0.2) is 4.39 Å². The van der Waals surface area contributed by atoms with Crippen LogP contribution < -0.4 is 10.6 Å². The van der Waals surface area contributed by atoms with Crippen LogP contribution in [0.1, 0.15) is 28.9 Å². The average molecular weight is 345 g/mol. The van der Waals surface area contributed by atoms with Gasteiger partial charge in [-0.2, -0.15) is 0 Å². The number of thiocarbonyl (C=S) groups is 1. The van der Waals surface area contributed by atoms with Crippen molar-refractivity contribution < 1.29 is 9.18 Å². The van der Waals surface area contributed by atoms with Crippen molar-refractivity contribution in [3.8, 4) is 0 Å². The predicted octanol–water partition coefficient (Wildman–Crippen LogP) is 3.58. The molecule has 2 rings (SSSR count). The van der Waals surface area contributed by atoms with E-state index in [0.29, 0.717) is 10.7 Å². The van der Waals surface area contributed by atoms with Crippen molar-refractivity contribution in [3.63, 3.8) is 0 Å². The molecule has 0 fully saturated rings. The zero-order valence-electron chi connectivity index (χ0n) is 13.8. The number of nitrogens with zero attached hydrogens (tertiary/aromatic N) is 1. The Morgan fingerprint density at radius 1 is 1.08 bits per heavy atom. The average Bonchev–Trinajstić information content (AvgIpc) is 2.55. The Kier molecular flexibility index (Phi) is 5.87. The number of hydrogen-bond acceptors (Lipinski definition) is 2. The molecular formula is C18H20FN3OS. The Bertz CT molecular complexity index is 714. The number of carbonyl (C=O) groups excluding carboxylic acids is 1. The molecule has 0 radical (unpaired) electrons. The number of nitrogens with one attached hydrogen (secondary N) is 2. The molecule has 24 heavy (non-hydrogen) atoms. The van der Waals surface area contributed by atoms with Crippen LogP contribution in [0.2, 0.25) is 0 Å². The molecule has 0 heterocycles. The lowest BCUT2D eigenvalue weighted by atomic mass is 10.1. The molecule has 0 aromatic heterocycles. The van der Waals surface area contributed by atoms with E-state index >= 15 is 0 Å². The van der Waals surface area contributed by atoms with Crippen LogP contribution in [0, 0.1) is 5.82 Å². The third-order valence-electron chi connectivity index (χ3n) is 3.51. The van der Waals surface area contributed by atoms with E-state index in [1.54, 1.807) is 50.5 Å². The van der Waals surface area contributed by atoms with Gasteiger partial charge in [0.25, 0.3) is 5.91 Å². The van der Waals surface area contributed by atoms with Crippen molar-refractivity contribution in [2.75, 3.05) is 19.4 Å². The molecule has 0 saturated heterocycles. The summed E-state index contributed by atoms with van der Waals surface area (Å²) in [7, 11) is 3.43. The molecule has 4 nitrogen and oxygen atoms in total. The highest BCUT2D eigenvalue weighted by atomic mass is 32.1. The van der Waals surface area contributed by atoms with Gasteiger partial charge in [-0.15, -0.1) is 0 Å². The molecule has 0 aliphatic rings. The van der Waals surface area contributed by atoms with Gasteiger partial charge in [-0.05, 0) is 61.1 Å². The molecule has 2 aromatic rings. The molecule has 0 aliphatic carbocycles. The zero-order chi connectivity index (χ0) is 17.7. The lowest BCUT2D eigenvalue weighted by molar-refractivity contribution is 0.0827. The molecule has 6 heteroatoms. The highest BCUT2D eigenvalue weighted by molar-refractivity contribution is 7.80. The summed E-state index contributed by atoms with van der Waals surface area (Å²) >= 11 is 5.29. The smallest absolute Gasteiger partial charge is 0.253 e. The van der Waals surface area contributed by atoms with Crippen molar-refractivity contribution >= 4 is 28.9 Å². The van der Waals surface area contributed by atoms with Crippen molar-refractivity contribution in [2.24, 2.45) is 0 Å². The largest absolute Gasteiger partial charge is 0.356 e. The number of anilines is 1. The molecular weight excluding hydrogens is 325 g/mol. The molecule has 0 saturated carbocycles.